The van der Waals surface area contributed by atoms with Crippen molar-refractivity contribution < 1.29 is 14.7 Å². The lowest BCUT2D eigenvalue weighted by molar-refractivity contribution is 0.0696. The molecule has 6 nitrogen and oxygen atoms in total. The van der Waals surface area contributed by atoms with Crippen molar-refractivity contribution >= 4 is 17.7 Å². The zero-order valence-corrected chi connectivity index (χ0v) is 11.2. The van der Waals surface area contributed by atoms with Gasteiger partial charge in [0.1, 0.15) is 0 Å². The molecule has 0 radical (unpaired) electrons. The van der Waals surface area contributed by atoms with Crippen molar-refractivity contribution in [3.8, 4) is 0 Å². The summed E-state index contributed by atoms with van der Waals surface area (Å²) in [5, 5.41) is 11.5. The van der Waals surface area contributed by atoms with Crippen LogP contribution >= 0.6 is 0 Å². The van der Waals surface area contributed by atoms with Gasteiger partial charge in [-0.05, 0) is 12.5 Å². The highest BCUT2D eigenvalue weighted by Crippen LogP contribution is 2.09. The summed E-state index contributed by atoms with van der Waals surface area (Å²) in [6.45, 7) is 2.77. The van der Waals surface area contributed by atoms with Crippen LogP contribution in [-0.4, -0.2) is 40.6 Å². The third-order valence-electron chi connectivity index (χ3n) is 2.68. The van der Waals surface area contributed by atoms with Gasteiger partial charge in [0.15, 0.2) is 0 Å². The Kier molecular flexibility index (Phi) is 5.78. The van der Waals surface area contributed by atoms with Crippen molar-refractivity contribution in [2.45, 2.75) is 26.2 Å². The van der Waals surface area contributed by atoms with E-state index in [0.29, 0.717) is 12.2 Å². The molecule has 0 bridgehead atoms. The number of rotatable bonds is 6. The van der Waals surface area contributed by atoms with Gasteiger partial charge in [-0.3, -0.25) is 4.98 Å². The monoisotopic (exact) mass is 265 g/mol. The van der Waals surface area contributed by atoms with Gasteiger partial charge in [-0.2, -0.15) is 0 Å². The Morgan fingerprint density at radius 1 is 1.37 bits per heavy atom. The van der Waals surface area contributed by atoms with Gasteiger partial charge >= 0.3 is 12.0 Å². The number of unbranched alkanes of at least 4 members (excludes halogenated alkanes) is 2. The Labute approximate surface area is 112 Å². The van der Waals surface area contributed by atoms with Crippen molar-refractivity contribution in [1.29, 1.82) is 0 Å². The van der Waals surface area contributed by atoms with Crippen molar-refractivity contribution in [2.75, 3.05) is 18.9 Å². The summed E-state index contributed by atoms with van der Waals surface area (Å²) in [4.78, 5) is 28.0. The summed E-state index contributed by atoms with van der Waals surface area (Å²) in [7, 11) is 1.71. The van der Waals surface area contributed by atoms with Gasteiger partial charge in [0.2, 0.25) is 0 Å². The topological polar surface area (TPSA) is 82.5 Å². The SMILES string of the molecule is CCCCCN(C)C(=O)Nc1cncc(C(=O)O)c1. The Hall–Kier alpha value is -2.11. The first kappa shape index (κ1) is 14.9. The smallest absolute Gasteiger partial charge is 0.337 e. The van der Waals surface area contributed by atoms with E-state index in [1.165, 1.54) is 18.5 Å². The van der Waals surface area contributed by atoms with Gasteiger partial charge in [0, 0.05) is 19.8 Å². The number of urea groups is 1. The number of carbonyl (C=O) groups excluding carboxylic acids is 1. The van der Waals surface area contributed by atoms with Crippen LogP contribution in [0.15, 0.2) is 18.5 Å². The van der Waals surface area contributed by atoms with Crippen LogP contribution < -0.4 is 5.32 Å². The van der Waals surface area contributed by atoms with Crippen molar-refractivity contribution in [1.82, 2.24) is 9.88 Å². The molecule has 6 heteroatoms. The second kappa shape index (κ2) is 7.35. The first-order chi connectivity index (χ1) is 9.04. The predicted octanol–water partition coefficient (Wildman–Crippen LogP) is 2.43. The number of nitrogens with one attached hydrogen (secondary N) is 1. The summed E-state index contributed by atoms with van der Waals surface area (Å²) < 4.78 is 0. The largest absolute Gasteiger partial charge is 0.478 e. The molecule has 0 saturated heterocycles. The molecule has 0 aromatic carbocycles. The zero-order chi connectivity index (χ0) is 14.3. The molecule has 0 spiro atoms. The van der Waals surface area contributed by atoms with Crippen LogP contribution in [0.4, 0.5) is 10.5 Å². The number of nitrogens with zero attached hydrogens (tertiary/aromatic N) is 2. The van der Waals surface area contributed by atoms with Gasteiger partial charge in [-0.15, -0.1) is 0 Å². The van der Waals surface area contributed by atoms with Crippen LogP contribution in [0.5, 0.6) is 0 Å². The van der Waals surface area contributed by atoms with Crippen LogP contribution in [0, 0.1) is 0 Å². The molecule has 2 amide bonds. The number of aromatic nitrogens is 1. The molecule has 0 aliphatic rings. The minimum Gasteiger partial charge on any atom is -0.478 e. The van der Waals surface area contributed by atoms with Crippen LogP contribution in [0.25, 0.3) is 0 Å². The van der Waals surface area contributed by atoms with Crippen LogP contribution in [0.1, 0.15) is 36.5 Å². The molecule has 1 aromatic heterocycles. The van der Waals surface area contributed by atoms with Crippen molar-refractivity contribution in [3.63, 3.8) is 0 Å². The van der Waals surface area contributed by atoms with E-state index in [0.717, 1.165) is 19.3 Å². The second-order valence-corrected chi connectivity index (χ2v) is 4.33. The van der Waals surface area contributed by atoms with Gasteiger partial charge in [0.25, 0.3) is 0 Å². The van der Waals surface area contributed by atoms with E-state index >= 15 is 0 Å². The van der Waals surface area contributed by atoms with E-state index in [-0.39, 0.29) is 11.6 Å². The molecule has 0 atom stereocenters. The average molecular weight is 265 g/mol. The molecular formula is C13H19N3O3. The fraction of sp³-hybridized carbons (Fsp3) is 0.462. The summed E-state index contributed by atoms with van der Waals surface area (Å²) in [6.07, 6.45) is 5.79. The van der Waals surface area contributed by atoms with Gasteiger partial charge in [0.05, 0.1) is 17.4 Å². The number of anilines is 1. The third kappa shape index (κ3) is 4.95. The summed E-state index contributed by atoms with van der Waals surface area (Å²) in [5.74, 6) is -1.07. The molecule has 0 fully saturated rings. The lowest BCUT2D eigenvalue weighted by Crippen LogP contribution is -2.32. The first-order valence-corrected chi connectivity index (χ1v) is 6.25. The van der Waals surface area contributed by atoms with Crippen LogP contribution in [0.2, 0.25) is 0 Å². The standard InChI is InChI=1S/C13H19N3O3/c1-3-4-5-6-16(2)13(19)15-11-7-10(12(17)18)8-14-9-11/h7-9H,3-6H2,1-2H3,(H,15,19)(H,17,18). The van der Waals surface area contributed by atoms with Crippen molar-refractivity contribution in [3.05, 3.63) is 24.0 Å². The molecular weight excluding hydrogens is 246 g/mol. The minimum atomic E-state index is -1.07. The highest BCUT2D eigenvalue weighted by atomic mass is 16.4. The molecule has 0 unspecified atom stereocenters. The fourth-order valence-electron chi connectivity index (χ4n) is 1.54. The van der Waals surface area contributed by atoms with E-state index in [4.69, 9.17) is 5.11 Å². The zero-order valence-electron chi connectivity index (χ0n) is 11.2. The minimum absolute atomic E-state index is 0.0476. The summed E-state index contributed by atoms with van der Waals surface area (Å²) >= 11 is 0. The Morgan fingerprint density at radius 3 is 2.74 bits per heavy atom. The fourth-order valence-corrected chi connectivity index (χ4v) is 1.54. The maximum atomic E-state index is 11.8. The highest BCUT2D eigenvalue weighted by Gasteiger charge is 2.10. The van der Waals surface area contributed by atoms with Gasteiger partial charge in [-0.1, -0.05) is 19.8 Å². The van der Waals surface area contributed by atoms with Gasteiger partial charge < -0.3 is 15.3 Å². The summed E-state index contributed by atoms with van der Waals surface area (Å²) in [5.41, 5.74) is 0.429. The van der Waals surface area contributed by atoms with E-state index in [1.54, 1.807) is 11.9 Å². The maximum absolute atomic E-state index is 11.8. The number of hydrogen-bond acceptors (Lipinski definition) is 3. The third-order valence-corrected chi connectivity index (χ3v) is 2.68. The summed E-state index contributed by atoms with van der Waals surface area (Å²) in [6, 6.07) is 1.12. The van der Waals surface area contributed by atoms with E-state index < -0.39 is 5.97 Å². The number of carboxylic acid groups (broad SMARTS) is 1. The number of carboxylic acids is 1. The lowest BCUT2D eigenvalue weighted by Gasteiger charge is -2.17. The van der Waals surface area contributed by atoms with E-state index in [2.05, 4.69) is 17.2 Å². The highest BCUT2D eigenvalue weighted by molar-refractivity contribution is 5.92. The second-order valence-electron chi connectivity index (χ2n) is 4.33. The van der Waals surface area contributed by atoms with Gasteiger partial charge in [-0.25, -0.2) is 9.59 Å². The number of aromatic carboxylic acids is 1. The molecule has 2 N–H and O–H groups in total. The van der Waals surface area contributed by atoms with Crippen LogP contribution in [0.3, 0.4) is 0 Å². The molecule has 1 rings (SSSR count). The first-order valence-electron chi connectivity index (χ1n) is 6.25. The number of amides is 2. The normalized spacial score (nSPS) is 10.0. The number of carbonyl (C=O) groups is 2. The van der Waals surface area contributed by atoms with Crippen LogP contribution in [-0.2, 0) is 0 Å². The predicted molar refractivity (Wildman–Crippen MR) is 72.4 cm³/mol. The molecule has 1 aromatic rings. The molecule has 0 saturated carbocycles. The molecule has 1 heterocycles. The molecule has 19 heavy (non-hydrogen) atoms. The average Bonchev–Trinajstić information content (AvgIpc) is 2.39. The molecule has 0 aliphatic heterocycles. The Bertz CT molecular complexity index is 449. The van der Waals surface area contributed by atoms with E-state index in [9.17, 15) is 9.59 Å². The number of hydrogen-bond donors (Lipinski definition) is 2. The molecule has 0 aliphatic carbocycles. The molecule has 104 valence electrons. The Balaban J connectivity index is 2.56. The Morgan fingerprint density at radius 2 is 2.11 bits per heavy atom. The quantitative estimate of drug-likeness (QED) is 0.774. The van der Waals surface area contributed by atoms with Crippen molar-refractivity contribution in [2.24, 2.45) is 0 Å². The number of pyridine rings is 1. The lowest BCUT2D eigenvalue weighted by atomic mass is 10.2. The van der Waals surface area contributed by atoms with E-state index in [1.807, 2.05) is 0 Å². The maximum Gasteiger partial charge on any atom is 0.337 e.